The number of hydrogen-bond donors (Lipinski definition) is 0. The van der Waals surface area contributed by atoms with Crippen LogP contribution >= 0.6 is 8.00 Å². The quantitative estimate of drug-likeness (QED) is 0.518. The van der Waals surface area contributed by atoms with Crippen LogP contribution in [0.1, 0.15) is 32.6 Å². The molecule has 0 spiro atoms. The molecule has 0 aliphatic heterocycles. The molecular weight excluding hydrogens is 195 g/mol. The summed E-state index contributed by atoms with van der Waals surface area (Å²) in [6.45, 7) is 2.76. The largest absolute Gasteiger partial charge is 0.603 e. The van der Waals surface area contributed by atoms with Gasteiger partial charge in [0.1, 0.15) is 0 Å². The third kappa shape index (κ3) is 4.19. The second kappa shape index (κ2) is 6.94. The van der Waals surface area contributed by atoms with Gasteiger partial charge in [-0.15, -0.1) is 0 Å². The topological polar surface area (TPSA) is 32.3 Å². The fourth-order valence-electron chi connectivity index (χ4n) is 1.22. The lowest BCUT2D eigenvalue weighted by Crippen LogP contribution is -2.04. The van der Waals surface area contributed by atoms with Gasteiger partial charge >= 0.3 is 0 Å². The maximum atomic E-state index is 11.6. The van der Waals surface area contributed by atoms with E-state index < -0.39 is 8.00 Å². The Morgan fingerprint density at radius 1 is 1.43 bits per heavy atom. The van der Waals surface area contributed by atoms with Crippen molar-refractivity contribution in [1.82, 2.24) is 0 Å². The van der Waals surface area contributed by atoms with Gasteiger partial charge in [-0.2, -0.15) is 4.52 Å². The van der Waals surface area contributed by atoms with Gasteiger partial charge in [0.2, 0.25) is 8.00 Å². The van der Waals surface area contributed by atoms with Crippen molar-refractivity contribution in [3.05, 3.63) is 24.3 Å². The number of allylic oxidation sites excluding steroid dienone is 4. The van der Waals surface area contributed by atoms with E-state index >= 15 is 0 Å². The van der Waals surface area contributed by atoms with Crippen LogP contribution in [0.3, 0.4) is 0 Å². The van der Waals surface area contributed by atoms with Gasteiger partial charge in [-0.05, 0) is 12.5 Å². The Bertz CT molecular complexity index is 254. The SMILES string of the molecule is CCCCCO/[P+]([O-])=C1/C=CC=CC1. The average molecular weight is 212 g/mol. The van der Waals surface area contributed by atoms with Gasteiger partial charge in [-0.25, -0.2) is 0 Å². The average Bonchev–Trinajstić information content (AvgIpc) is 2.25. The van der Waals surface area contributed by atoms with E-state index in [2.05, 4.69) is 6.92 Å². The van der Waals surface area contributed by atoms with E-state index in [4.69, 9.17) is 4.52 Å². The Labute approximate surface area is 86.8 Å². The van der Waals surface area contributed by atoms with Gasteiger partial charge in [0, 0.05) is 6.42 Å². The smallest absolute Gasteiger partial charge is 0.224 e. The molecule has 0 aromatic heterocycles. The van der Waals surface area contributed by atoms with E-state index in [1.165, 1.54) is 6.42 Å². The molecule has 0 radical (unpaired) electrons. The van der Waals surface area contributed by atoms with Crippen molar-refractivity contribution in [3.63, 3.8) is 0 Å². The van der Waals surface area contributed by atoms with Crippen molar-refractivity contribution >= 4 is 13.3 Å². The molecule has 14 heavy (non-hydrogen) atoms. The molecule has 1 rings (SSSR count). The molecule has 0 saturated carbocycles. The van der Waals surface area contributed by atoms with Crippen molar-refractivity contribution in [2.75, 3.05) is 6.61 Å². The molecule has 3 heteroatoms. The standard InChI is InChI=1S/C11H17O2P/c1-2-3-7-10-13-14(12)11-8-5-4-6-9-11/h4-6,8H,2-3,7,9-10H2,1H3. The highest BCUT2D eigenvalue weighted by Gasteiger charge is 2.08. The van der Waals surface area contributed by atoms with Crippen LogP contribution in [0.15, 0.2) is 24.3 Å². The van der Waals surface area contributed by atoms with E-state index in [9.17, 15) is 4.89 Å². The maximum Gasteiger partial charge on any atom is 0.224 e. The molecule has 0 fully saturated rings. The van der Waals surface area contributed by atoms with Crippen LogP contribution in [0.5, 0.6) is 0 Å². The molecule has 1 unspecified atom stereocenters. The van der Waals surface area contributed by atoms with Gasteiger partial charge in [0.15, 0.2) is 5.29 Å². The van der Waals surface area contributed by atoms with Crippen LogP contribution in [-0.4, -0.2) is 11.9 Å². The fraction of sp³-hybridized carbons (Fsp3) is 0.545. The Kier molecular flexibility index (Phi) is 5.77. The minimum atomic E-state index is -1.59. The fourth-order valence-corrected chi connectivity index (χ4v) is 2.14. The molecule has 0 saturated heterocycles. The zero-order valence-corrected chi connectivity index (χ0v) is 9.50. The Morgan fingerprint density at radius 3 is 2.93 bits per heavy atom. The first-order valence-corrected chi connectivity index (χ1v) is 6.31. The van der Waals surface area contributed by atoms with Gasteiger partial charge in [-0.1, -0.05) is 38.0 Å². The highest BCUT2D eigenvalue weighted by Crippen LogP contribution is 2.21. The third-order valence-electron chi connectivity index (χ3n) is 2.05. The lowest BCUT2D eigenvalue weighted by Gasteiger charge is -2.03. The number of hydrogen-bond acceptors (Lipinski definition) is 2. The van der Waals surface area contributed by atoms with Crippen LogP contribution in [-0.2, 0) is 4.52 Å². The van der Waals surface area contributed by atoms with Gasteiger partial charge in [-0.3, -0.25) is 0 Å². The number of rotatable bonds is 5. The highest BCUT2D eigenvalue weighted by molar-refractivity contribution is 7.47. The Balaban J connectivity index is 2.29. The molecule has 0 aromatic rings. The molecule has 1 aliphatic rings. The second-order valence-corrected chi connectivity index (χ2v) is 4.63. The van der Waals surface area contributed by atoms with Gasteiger partial charge in [0.05, 0.1) is 6.61 Å². The third-order valence-corrected chi connectivity index (χ3v) is 3.27. The zero-order valence-electron chi connectivity index (χ0n) is 8.61. The number of unbranched alkanes of at least 4 members (excludes halogenated alkanes) is 2. The van der Waals surface area contributed by atoms with Crippen LogP contribution in [0.2, 0.25) is 0 Å². The first kappa shape index (κ1) is 11.6. The normalized spacial score (nSPS) is 18.7. The molecule has 0 N–H and O–H groups in total. The van der Waals surface area contributed by atoms with E-state index in [1.54, 1.807) is 0 Å². The molecule has 0 bridgehead atoms. The lowest BCUT2D eigenvalue weighted by molar-refractivity contribution is -0.172. The lowest BCUT2D eigenvalue weighted by atomic mass is 10.2. The monoisotopic (exact) mass is 212 g/mol. The Hall–Kier alpha value is -0.430. The minimum absolute atomic E-state index is 0.615. The first-order valence-electron chi connectivity index (χ1n) is 5.14. The predicted molar refractivity (Wildman–Crippen MR) is 60.3 cm³/mol. The zero-order chi connectivity index (χ0) is 10.2. The summed E-state index contributed by atoms with van der Waals surface area (Å²) >= 11 is 0. The van der Waals surface area contributed by atoms with Crippen molar-refractivity contribution in [1.29, 1.82) is 0 Å². The van der Waals surface area contributed by atoms with E-state index in [-0.39, 0.29) is 0 Å². The second-order valence-electron chi connectivity index (χ2n) is 3.28. The molecule has 2 nitrogen and oxygen atoms in total. The predicted octanol–water partition coefficient (Wildman–Crippen LogP) is 2.55. The molecule has 0 heterocycles. The summed E-state index contributed by atoms with van der Waals surface area (Å²) in [6, 6.07) is 0. The highest BCUT2D eigenvalue weighted by atomic mass is 31.1. The summed E-state index contributed by atoms with van der Waals surface area (Å²) in [5.74, 6) is 0. The van der Waals surface area contributed by atoms with E-state index in [0.717, 1.165) is 24.6 Å². The molecule has 78 valence electrons. The summed E-state index contributed by atoms with van der Waals surface area (Å²) in [7, 11) is -1.59. The summed E-state index contributed by atoms with van der Waals surface area (Å²) in [5, 5.41) is 0.902. The van der Waals surface area contributed by atoms with E-state index in [1.807, 2.05) is 24.3 Å². The van der Waals surface area contributed by atoms with Crippen LogP contribution < -0.4 is 4.89 Å². The Morgan fingerprint density at radius 2 is 2.29 bits per heavy atom. The summed E-state index contributed by atoms with van der Waals surface area (Å²) in [4.78, 5) is 11.6. The van der Waals surface area contributed by atoms with Crippen LogP contribution in [0.25, 0.3) is 0 Å². The molecule has 0 amide bonds. The maximum absolute atomic E-state index is 11.6. The molecule has 0 aromatic carbocycles. The van der Waals surface area contributed by atoms with E-state index in [0.29, 0.717) is 6.61 Å². The summed E-state index contributed by atoms with van der Waals surface area (Å²) < 4.78 is 5.27. The summed E-state index contributed by atoms with van der Waals surface area (Å²) in [6.07, 6.45) is 11.8. The molecule has 1 atom stereocenters. The van der Waals surface area contributed by atoms with Gasteiger partial charge in [0.25, 0.3) is 0 Å². The van der Waals surface area contributed by atoms with Crippen LogP contribution in [0, 0.1) is 0 Å². The first-order chi connectivity index (χ1) is 6.84. The van der Waals surface area contributed by atoms with Crippen LogP contribution in [0.4, 0.5) is 0 Å². The van der Waals surface area contributed by atoms with Crippen molar-refractivity contribution < 1.29 is 9.42 Å². The molecular formula is C11H17O2P. The van der Waals surface area contributed by atoms with Crippen molar-refractivity contribution in [2.24, 2.45) is 0 Å². The summed E-state index contributed by atoms with van der Waals surface area (Å²) in [5.41, 5.74) is 0. The minimum Gasteiger partial charge on any atom is -0.603 e. The molecule has 1 aliphatic carbocycles. The van der Waals surface area contributed by atoms with Gasteiger partial charge < -0.3 is 4.89 Å². The van der Waals surface area contributed by atoms with Crippen molar-refractivity contribution in [2.45, 2.75) is 32.6 Å². The van der Waals surface area contributed by atoms with Crippen molar-refractivity contribution in [3.8, 4) is 0 Å².